The summed E-state index contributed by atoms with van der Waals surface area (Å²) in [6, 6.07) is 4.74. The molecule has 0 atom stereocenters. The van der Waals surface area contributed by atoms with E-state index >= 15 is 0 Å². The lowest BCUT2D eigenvalue weighted by Gasteiger charge is -2.05. The van der Waals surface area contributed by atoms with Crippen LogP contribution in [0.25, 0.3) is 10.8 Å². The molecule has 0 saturated heterocycles. The highest BCUT2D eigenvalue weighted by Crippen LogP contribution is 2.26. The third-order valence-corrected chi connectivity index (χ3v) is 4.00. The maximum atomic E-state index is 13.7. The molecule has 0 fully saturated rings. The van der Waals surface area contributed by atoms with Crippen LogP contribution in [0.5, 0.6) is 0 Å². The maximum Gasteiger partial charge on any atom is 0.269 e. The summed E-state index contributed by atoms with van der Waals surface area (Å²) in [5.74, 6) is 0.344. The maximum absolute atomic E-state index is 13.7. The van der Waals surface area contributed by atoms with E-state index in [2.05, 4.69) is 20.4 Å². The largest absolute Gasteiger partial charge is 0.375 e. The lowest BCUT2D eigenvalue weighted by atomic mass is 10.3. The van der Waals surface area contributed by atoms with Crippen molar-refractivity contribution in [3.8, 4) is 10.8 Å². The van der Waals surface area contributed by atoms with Crippen LogP contribution in [0.2, 0.25) is 5.02 Å². The van der Waals surface area contributed by atoms with Crippen LogP contribution in [0.15, 0.2) is 28.2 Å². The number of nitrogens with one attached hydrogen (secondary N) is 1. The number of hydrogen-bond acceptors (Lipinski definition) is 6. The monoisotopic (exact) mass is 324 g/mol. The minimum absolute atomic E-state index is 0.0640. The van der Waals surface area contributed by atoms with E-state index in [9.17, 15) is 4.39 Å². The zero-order valence-corrected chi connectivity index (χ0v) is 12.5. The van der Waals surface area contributed by atoms with Crippen LogP contribution in [-0.4, -0.2) is 15.1 Å². The molecule has 0 aliphatic rings. The average Bonchev–Trinajstić information content (AvgIpc) is 3.09. The second kappa shape index (κ2) is 5.79. The Balaban J connectivity index is 1.73. The summed E-state index contributed by atoms with van der Waals surface area (Å²) >= 11 is 7.14. The number of thiazole rings is 1. The van der Waals surface area contributed by atoms with Crippen LogP contribution >= 0.6 is 22.9 Å². The number of rotatable bonds is 4. The molecule has 21 heavy (non-hydrogen) atoms. The molecular weight excluding hydrogens is 315 g/mol. The molecule has 1 aromatic carbocycles. The van der Waals surface area contributed by atoms with Crippen molar-refractivity contribution in [2.75, 3.05) is 5.32 Å². The SMILES string of the molecule is Cc1ncsc1-c1nc(CNc2cccc(Cl)c2F)no1. The van der Waals surface area contributed by atoms with E-state index in [0.29, 0.717) is 17.4 Å². The van der Waals surface area contributed by atoms with Crippen molar-refractivity contribution < 1.29 is 8.91 Å². The number of aryl methyl sites for hydroxylation is 1. The van der Waals surface area contributed by atoms with Gasteiger partial charge in [-0.15, -0.1) is 11.3 Å². The van der Waals surface area contributed by atoms with Crippen molar-refractivity contribution in [2.24, 2.45) is 0 Å². The summed E-state index contributed by atoms with van der Waals surface area (Å²) in [7, 11) is 0. The van der Waals surface area contributed by atoms with Gasteiger partial charge < -0.3 is 9.84 Å². The highest BCUT2D eigenvalue weighted by Gasteiger charge is 2.14. The first-order valence-corrected chi connectivity index (χ1v) is 7.32. The third-order valence-electron chi connectivity index (χ3n) is 2.80. The van der Waals surface area contributed by atoms with Crippen LogP contribution < -0.4 is 5.32 Å². The number of nitrogens with zero attached hydrogens (tertiary/aromatic N) is 3. The Labute approximate surface area is 128 Å². The van der Waals surface area contributed by atoms with Gasteiger partial charge in [0, 0.05) is 0 Å². The van der Waals surface area contributed by atoms with Crippen LogP contribution in [0, 0.1) is 12.7 Å². The van der Waals surface area contributed by atoms with Gasteiger partial charge in [0.05, 0.1) is 28.5 Å². The number of aromatic nitrogens is 3. The zero-order chi connectivity index (χ0) is 14.8. The minimum Gasteiger partial charge on any atom is -0.375 e. The van der Waals surface area contributed by atoms with Gasteiger partial charge in [-0.2, -0.15) is 4.98 Å². The molecule has 0 aliphatic carbocycles. The fourth-order valence-electron chi connectivity index (χ4n) is 1.74. The fraction of sp³-hybridized carbons (Fsp3) is 0.154. The second-order valence-electron chi connectivity index (χ2n) is 4.24. The predicted molar refractivity (Wildman–Crippen MR) is 78.9 cm³/mol. The first kappa shape index (κ1) is 14.0. The first-order valence-electron chi connectivity index (χ1n) is 6.06. The highest BCUT2D eigenvalue weighted by molar-refractivity contribution is 7.13. The van der Waals surface area contributed by atoms with E-state index < -0.39 is 5.82 Å². The predicted octanol–water partition coefficient (Wildman–Crippen LogP) is 3.91. The van der Waals surface area contributed by atoms with Crippen molar-refractivity contribution in [3.05, 3.63) is 46.1 Å². The van der Waals surface area contributed by atoms with Crippen molar-refractivity contribution in [2.45, 2.75) is 13.5 Å². The summed E-state index contributed by atoms with van der Waals surface area (Å²) in [6.45, 7) is 2.11. The van der Waals surface area contributed by atoms with Gasteiger partial charge in [-0.1, -0.05) is 22.8 Å². The summed E-state index contributed by atoms with van der Waals surface area (Å²) < 4.78 is 18.9. The van der Waals surface area contributed by atoms with Gasteiger partial charge >= 0.3 is 0 Å². The summed E-state index contributed by atoms with van der Waals surface area (Å²) in [5.41, 5.74) is 2.85. The first-order chi connectivity index (χ1) is 10.1. The van der Waals surface area contributed by atoms with Gasteiger partial charge in [0.15, 0.2) is 11.6 Å². The normalized spacial score (nSPS) is 10.8. The van der Waals surface area contributed by atoms with Gasteiger partial charge in [0.1, 0.15) is 4.88 Å². The lowest BCUT2D eigenvalue weighted by Crippen LogP contribution is -2.03. The minimum atomic E-state index is -0.499. The molecule has 0 radical (unpaired) electrons. The molecule has 3 rings (SSSR count). The molecule has 0 aliphatic heterocycles. The van der Waals surface area contributed by atoms with Crippen LogP contribution in [-0.2, 0) is 6.54 Å². The molecule has 0 amide bonds. The summed E-state index contributed by atoms with van der Waals surface area (Å²) in [4.78, 5) is 9.22. The Morgan fingerprint density at radius 1 is 1.43 bits per heavy atom. The molecular formula is C13H10ClFN4OS. The van der Waals surface area contributed by atoms with Crippen LogP contribution in [0.3, 0.4) is 0 Å². The molecule has 0 spiro atoms. The molecule has 0 bridgehead atoms. The number of benzene rings is 1. The topological polar surface area (TPSA) is 63.8 Å². The Bertz CT molecular complexity index is 773. The Hall–Kier alpha value is -1.99. The molecule has 108 valence electrons. The average molecular weight is 325 g/mol. The smallest absolute Gasteiger partial charge is 0.269 e. The fourth-order valence-corrected chi connectivity index (χ4v) is 2.64. The van der Waals surface area contributed by atoms with Gasteiger partial charge in [-0.25, -0.2) is 9.37 Å². The van der Waals surface area contributed by atoms with Crippen molar-refractivity contribution >= 4 is 28.6 Å². The Kier molecular flexibility index (Phi) is 3.85. The van der Waals surface area contributed by atoms with E-state index in [1.165, 1.54) is 17.4 Å². The van der Waals surface area contributed by atoms with Crippen molar-refractivity contribution in [1.29, 1.82) is 0 Å². The molecule has 1 N–H and O–H groups in total. The standard InChI is InChI=1S/C13H10ClFN4OS/c1-7-12(21-6-17-7)13-18-10(19-20-13)5-16-9-4-2-3-8(14)11(9)15/h2-4,6,16H,5H2,1H3. The van der Waals surface area contributed by atoms with E-state index in [4.69, 9.17) is 16.1 Å². The molecule has 8 heteroatoms. The Morgan fingerprint density at radius 3 is 3.05 bits per heavy atom. The zero-order valence-electron chi connectivity index (χ0n) is 10.9. The van der Waals surface area contributed by atoms with Gasteiger partial charge in [-0.3, -0.25) is 0 Å². The van der Waals surface area contributed by atoms with Gasteiger partial charge in [0.25, 0.3) is 5.89 Å². The number of halogens is 2. The lowest BCUT2D eigenvalue weighted by molar-refractivity contribution is 0.424. The van der Waals surface area contributed by atoms with Gasteiger partial charge in [-0.05, 0) is 19.1 Å². The quantitative estimate of drug-likeness (QED) is 0.788. The third kappa shape index (κ3) is 2.88. The van der Waals surface area contributed by atoms with E-state index in [0.717, 1.165) is 10.6 Å². The van der Waals surface area contributed by atoms with E-state index in [-0.39, 0.29) is 11.6 Å². The van der Waals surface area contributed by atoms with Crippen LogP contribution in [0.1, 0.15) is 11.5 Å². The molecule has 2 heterocycles. The molecule has 3 aromatic rings. The molecule has 5 nitrogen and oxygen atoms in total. The summed E-state index contributed by atoms with van der Waals surface area (Å²) in [6.07, 6.45) is 0. The molecule has 0 saturated carbocycles. The number of hydrogen-bond donors (Lipinski definition) is 1. The summed E-state index contributed by atoms with van der Waals surface area (Å²) in [5, 5.41) is 6.81. The Morgan fingerprint density at radius 2 is 2.29 bits per heavy atom. The molecule has 0 unspecified atom stereocenters. The van der Waals surface area contributed by atoms with Crippen LogP contribution in [0.4, 0.5) is 10.1 Å². The van der Waals surface area contributed by atoms with Gasteiger partial charge in [0.2, 0.25) is 0 Å². The van der Waals surface area contributed by atoms with E-state index in [1.807, 2.05) is 6.92 Å². The highest BCUT2D eigenvalue weighted by atomic mass is 35.5. The second-order valence-corrected chi connectivity index (χ2v) is 5.50. The number of anilines is 1. The van der Waals surface area contributed by atoms with E-state index in [1.54, 1.807) is 17.6 Å². The van der Waals surface area contributed by atoms with Crippen molar-refractivity contribution in [1.82, 2.24) is 15.1 Å². The molecule has 2 aromatic heterocycles. The van der Waals surface area contributed by atoms with Crippen molar-refractivity contribution in [3.63, 3.8) is 0 Å².